The molecule has 8 heteroatoms. The van der Waals surface area contributed by atoms with E-state index in [9.17, 15) is 0 Å². The van der Waals surface area contributed by atoms with Crippen molar-refractivity contribution in [1.29, 1.82) is 0 Å². The van der Waals surface area contributed by atoms with Crippen LogP contribution in [0.1, 0.15) is 71.1 Å². The lowest BCUT2D eigenvalue weighted by molar-refractivity contribution is 0.441. The molecule has 25 heavy (non-hydrogen) atoms. The summed E-state index contributed by atoms with van der Waals surface area (Å²) in [5.41, 5.74) is 0. The van der Waals surface area contributed by atoms with E-state index in [4.69, 9.17) is 30.6 Å². The lowest BCUT2D eigenvalue weighted by atomic mass is 9.95. The number of hydrogen-bond acceptors (Lipinski definition) is 8. The van der Waals surface area contributed by atoms with Crippen LogP contribution in [0.25, 0.3) is 0 Å². The van der Waals surface area contributed by atoms with Crippen molar-refractivity contribution in [2.24, 2.45) is 0 Å². The SMILES string of the molecule is CCNc1nc(N(S)C2CCCCC2)nc(N(S)C2CCCCC2)n1. The van der Waals surface area contributed by atoms with E-state index in [0.29, 0.717) is 29.9 Å². The Bertz CT molecular complexity index is 504. The second-order valence-electron chi connectivity index (χ2n) is 7.06. The van der Waals surface area contributed by atoms with Gasteiger partial charge < -0.3 is 5.32 Å². The monoisotopic (exact) mass is 382 g/mol. The summed E-state index contributed by atoms with van der Waals surface area (Å²) in [4.78, 5) is 13.9. The molecule has 0 spiro atoms. The van der Waals surface area contributed by atoms with E-state index in [1.807, 2.05) is 15.5 Å². The third-order valence-electron chi connectivity index (χ3n) is 5.20. The Hall–Kier alpha value is -0.890. The molecule has 2 saturated carbocycles. The van der Waals surface area contributed by atoms with Gasteiger partial charge in [-0.1, -0.05) is 64.2 Å². The summed E-state index contributed by atoms with van der Waals surface area (Å²) in [6, 6.07) is 0.787. The summed E-state index contributed by atoms with van der Waals surface area (Å²) < 4.78 is 3.88. The van der Waals surface area contributed by atoms with E-state index in [0.717, 1.165) is 32.2 Å². The van der Waals surface area contributed by atoms with Crippen molar-refractivity contribution in [3.8, 4) is 0 Å². The maximum absolute atomic E-state index is 4.73. The van der Waals surface area contributed by atoms with Gasteiger partial charge in [0.1, 0.15) is 0 Å². The molecule has 2 aliphatic carbocycles. The summed E-state index contributed by atoms with van der Waals surface area (Å²) in [5.74, 6) is 1.87. The van der Waals surface area contributed by atoms with Gasteiger partial charge in [0.05, 0.1) is 0 Å². The highest BCUT2D eigenvalue weighted by Gasteiger charge is 2.25. The highest BCUT2D eigenvalue weighted by molar-refractivity contribution is 7.82. The van der Waals surface area contributed by atoms with Crippen LogP contribution in [0.4, 0.5) is 17.8 Å². The quantitative estimate of drug-likeness (QED) is 0.639. The molecule has 2 aliphatic rings. The van der Waals surface area contributed by atoms with Gasteiger partial charge in [-0.15, -0.1) is 0 Å². The topological polar surface area (TPSA) is 57.2 Å². The second kappa shape index (κ2) is 9.16. The lowest BCUT2D eigenvalue weighted by Gasteiger charge is -2.32. The van der Waals surface area contributed by atoms with Crippen LogP contribution in [0.5, 0.6) is 0 Å². The number of rotatable bonds is 6. The number of aromatic nitrogens is 3. The van der Waals surface area contributed by atoms with Crippen LogP contribution in [0.15, 0.2) is 0 Å². The van der Waals surface area contributed by atoms with Gasteiger partial charge in [-0.05, 0) is 32.6 Å². The Morgan fingerprint density at radius 2 is 1.24 bits per heavy atom. The smallest absolute Gasteiger partial charge is 0.242 e. The molecule has 140 valence electrons. The lowest BCUT2D eigenvalue weighted by Crippen LogP contribution is -2.33. The Morgan fingerprint density at radius 1 is 0.800 bits per heavy atom. The maximum atomic E-state index is 4.73. The summed E-state index contributed by atoms with van der Waals surface area (Å²) in [6.45, 7) is 2.82. The Labute approximate surface area is 162 Å². The number of nitrogens with one attached hydrogen (secondary N) is 1. The van der Waals surface area contributed by atoms with Gasteiger partial charge in [0.15, 0.2) is 0 Å². The third-order valence-corrected chi connectivity index (χ3v) is 6.21. The first-order valence-electron chi connectivity index (χ1n) is 9.65. The first-order chi connectivity index (χ1) is 12.2. The summed E-state index contributed by atoms with van der Waals surface area (Å²) in [6.07, 6.45) is 12.2. The molecule has 0 radical (unpaired) electrons. The van der Waals surface area contributed by atoms with Crippen LogP contribution in [-0.2, 0) is 0 Å². The van der Waals surface area contributed by atoms with Gasteiger partial charge in [0, 0.05) is 18.6 Å². The Balaban J connectivity index is 1.82. The van der Waals surface area contributed by atoms with Gasteiger partial charge in [-0.3, -0.25) is 8.61 Å². The molecule has 1 N–H and O–H groups in total. The minimum absolute atomic E-state index is 0.393. The zero-order valence-electron chi connectivity index (χ0n) is 15.1. The van der Waals surface area contributed by atoms with Crippen LogP contribution < -0.4 is 13.9 Å². The van der Waals surface area contributed by atoms with Crippen molar-refractivity contribution in [1.82, 2.24) is 15.0 Å². The van der Waals surface area contributed by atoms with Crippen molar-refractivity contribution < 1.29 is 0 Å². The molecule has 0 saturated heterocycles. The zero-order chi connectivity index (χ0) is 17.6. The maximum Gasteiger partial charge on any atom is 0.242 e. The van der Waals surface area contributed by atoms with E-state index in [1.165, 1.54) is 38.5 Å². The molecule has 6 nitrogen and oxygen atoms in total. The van der Waals surface area contributed by atoms with Gasteiger partial charge in [0.2, 0.25) is 17.8 Å². The van der Waals surface area contributed by atoms with Crippen LogP contribution >= 0.6 is 25.6 Å². The number of nitrogens with zero attached hydrogens (tertiary/aromatic N) is 5. The van der Waals surface area contributed by atoms with Gasteiger partial charge in [-0.2, -0.15) is 15.0 Å². The largest absolute Gasteiger partial charge is 0.354 e. The van der Waals surface area contributed by atoms with Crippen LogP contribution in [0, 0.1) is 0 Å². The standard InChI is InChI=1S/C17H30N6S2/c1-2-18-15-19-16(22(24)13-9-5-3-6-10-13)21-17(20-15)23(25)14-11-7-4-8-12-14/h13-14,24-25H,2-12H2,1H3,(H,18,19,20,21). The Morgan fingerprint density at radius 3 is 1.64 bits per heavy atom. The molecule has 1 heterocycles. The van der Waals surface area contributed by atoms with E-state index >= 15 is 0 Å². The second-order valence-corrected chi connectivity index (χ2v) is 7.92. The van der Waals surface area contributed by atoms with Gasteiger partial charge in [0.25, 0.3) is 0 Å². The van der Waals surface area contributed by atoms with Crippen LogP contribution in [0.3, 0.4) is 0 Å². The van der Waals surface area contributed by atoms with Crippen molar-refractivity contribution in [2.45, 2.75) is 83.2 Å². The Kier molecular flexibility index (Phi) is 6.92. The fourth-order valence-electron chi connectivity index (χ4n) is 3.77. The minimum Gasteiger partial charge on any atom is -0.354 e. The number of thiol groups is 2. The highest BCUT2D eigenvalue weighted by Crippen LogP contribution is 2.31. The molecule has 0 atom stereocenters. The summed E-state index contributed by atoms with van der Waals surface area (Å²) in [5, 5.41) is 3.22. The molecule has 0 bridgehead atoms. The van der Waals surface area contributed by atoms with Crippen molar-refractivity contribution in [3.05, 3.63) is 0 Å². The van der Waals surface area contributed by atoms with Crippen molar-refractivity contribution in [3.63, 3.8) is 0 Å². The molecule has 0 aromatic carbocycles. The highest BCUT2D eigenvalue weighted by atomic mass is 32.1. The molecule has 3 rings (SSSR count). The van der Waals surface area contributed by atoms with Crippen LogP contribution in [-0.4, -0.2) is 33.6 Å². The minimum atomic E-state index is 0.393. The van der Waals surface area contributed by atoms with Crippen molar-refractivity contribution >= 4 is 43.5 Å². The fraction of sp³-hybridized carbons (Fsp3) is 0.824. The molecule has 1 aromatic rings. The predicted octanol–water partition coefficient (Wildman–Crippen LogP) is 4.27. The predicted molar refractivity (Wildman–Crippen MR) is 111 cm³/mol. The van der Waals surface area contributed by atoms with Crippen molar-refractivity contribution in [2.75, 3.05) is 20.5 Å². The molecule has 0 aliphatic heterocycles. The number of anilines is 3. The van der Waals surface area contributed by atoms with E-state index < -0.39 is 0 Å². The van der Waals surface area contributed by atoms with E-state index in [1.54, 1.807) is 0 Å². The molecule has 2 fully saturated rings. The van der Waals surface area contributed by atoms with Gasteiger partial charge >= 0.3 is 0 Å². The third kappa shape index (κ3) is 4.84. The van der Waals surface area contributed by atoms with Crippen LogP contribution in [0.2, 0.25) is 0 Å². The molecular formula is C17H30N6S2. The normalized spacial score (nSPS) is 19.6. The van der Waals surface area contributed by atoms with E-state index in [2.05, 4.69) is 15.3 Å². The molecule has 1 aromatic heterocycles. The fourth-order valence-corrected chi connectivity index (χ4v) is 4.41. The average molecular weight is 383 g/mol. The first kappa shape index (κ1) is 18.9. The molecule has 0 unspecified atom stereocenters. The van der Waals surface area contributed by atoms with E-state index in [-0.39, 0.29) is 0 Å². The molecule has 0 amide bonds. The first-order valence-corrected chi connectivity index (χ1v) is 10.4. The molecular weight excluding hydrogens is 352 g/mol. The summed E-state index contributed by atoms with van der Waals surface area (Å²) >= 11 is 9.46. The summed E-state index contributed by atoms with van der Waals surface area (Å²) in [7, 11) is 0. The van der Waals surface area contributed by atoms with Gasteiger partial charge in [-0.25, -0.2) is 0 Å². The average Bonchev–Trinajstić information content (AvgIpc) is 2.68. The number of hydrogen-bond donors (Lipinski definition) is 3. The zero-order valence-corrected chi connectivity index (χ0v) is 16.9.